The van der Waals surface area contributed by atoms with Gasteiger partial charge in [-0.25, -0.2) is 0 Å². The number of hydrogen-bond acceptors (Lipinski definition) is 2. The summed E-state index contributed by atoms with van der Waals surface area (Å²) in [5.74, 6) is 1.38. The Bertz CT molecular complexity index is 466. The summed E-state index contributed by atoms with van der Waals surface area (Å²) in [6, 6.07) is 8.54. The minimum absolute atomic E-state index is 0.200. The van der Waals surface area contributed by atoms with Gasteiger partial charge < -0.3 is 10.2 Å². The number of carbonyl (C=O) groups excluding carboxylic acids is 1. The Morgan fingerprint density at radius 2 is 2.00 bits per heavy atom. The van der Waals surface area contributed by atoms with Crippen molar-refractivity contribution < 1.29 is 4.79 Å². The van der Waals surface area contributed by atoms with Gasteiger partial charge in [-0.1, -0.05) is 26.0 Å². The van der Waals surface area contributed by atoms with Crippen molar-refractivity contribution in [3.05, 3.63) is 35.4 Å². The number of hydrogen-bond donors (Lipinski definition) is 1. The Labute approximate surface area is 115 Å². The molecule has 102 valence electrons. The summed E-state index contributed by atoms with van der Waals surface area (Å²) in [4.78, 5) is 14.6. The molecule has 2 unspecified atom stereocenters. The highest BCUT2D eigenvalue weighted by Crippen LogP contribution is 2.28. The van der Waals surface area contributed by atoms with Gasteiger partial charge >= 0.3 is 0 Å². The lowest BCUT2D eigenvalue weighted by Gasteiger charge is -2.23. The normalized spacial score (nSPS) is 25.9. The fraction of sp³-hybridized carbons (Fsp3) is 0.562. The average Bonchev–Trinajstić information content (AvgIpc) is 3.00. The molecule has 2 aliphatic heterocycles. The van der Waals surface area contributed by atoms with E-state index in [1.165, 1.54) is 5.56 Å². The number of nitrogens with one attached hydrogen (secondary N) is 1. The molecule has 0 bridgehead atoms. The van der Waals surface area contributed by atoms with E-state index in [1.807, 2.05) is 12.1 Å². The molecule has 0 aromatic heterocycles. The van der Waals surface area contributed by atoms with Crippen molar-refractivity contribution in [1.29, 1.82) is 0 Å². The van der Waals surface area contributed by atoms with Crippen molar-refractivity contribution in [2.45, 2.75) is 32.2 Å². The maximum atomic E-state index is 12.6. The Balaban J connectivity index is 1.76. The first-order chi connectivity index (χ1) is 9.16. The van der Waals surface area contributed by atoms with Crippen LogP contribution in [0.25, 0.3) is 0 Å². The lowest BCUT2D eigenvalue weighted by atomic mass is 10.0. The van der Waals surface area contributed by atoms with E-state index < -0.39 is 0 Å². The average molecular weight is 258 g/mol. The van der Waals surface area contributed by atoms with Crippen LogP contribution in [0, 0.1) is 5.92 Å². The van der Waals surface area contributed by atoms with Crippen molar-refractivity contribution in [3.63, 3.8) is 0 Å². The third kappa shape index (κ3) is 2.27. The van der Waals surface area contributed by atoms with E-state index in [0.29, 0.717) is 17.9 Å². The minimum Gasteiger partial charge on any atom is -0.334 e. The van der Waals surface area contributed by atoms with E-state index in [-0.39, 0.29) is 5.91 Å². The summed E-state index contributed by atoms with van der Waals surface area (Å²) < 4.78 is 0. The summed E-state index contributed by atoms with van der Waals surface area (Å²) >= 11 is 0. The molecular formula is C16H22N2O. The Morgan fingerprint density at radius 1 is 1.26 bits per heavy atom. The quantitative estimate of drug-likeness (QED) is 0.882. The molecule has 2 saturated heterocycles. The van der Waals surface area contributed by atoms with Crippen molar-refractivity contribution in [2.24, 2.45) is 5.92 Å². The number of carbonyl (C=O) groups is 1. The molecule has 2 aliphatic rings. The molecule has 0 aliphatic carbocycles. The smallest absolute Gasteiger partial charge is 0.254 e. The van der Waals surface area contributed by atoms with Crippen molar-refractivity contribution >= 4 is 5.91 Å². The molecule has 3 heteroatoms. The molecule has 3 nitrogen and oxygen atoms in total. The second-order valence-electron chi connectivity index (χ2n) is 6.05. The molecule has 0 saturated carbocycles. The molecule has 0 spiro atoms. The Hall–Kier alpha value is -1.35. The predicted molar refractivity (Wildman–Crippen MR) is 76.3 cm³/mol. The fourth-order valence-electron chi connectivity index (χ4n) is 3.28. The molecule has 1 amide bonds. The highest BCUT2D eigenvalue weighted by atomic mass is 16.2. The Morgan fingerprint density at radius 3 is 2.68 bits per heavy atom. The highest BCUT2D eigenvalue weighted by Gasteiger charge is 2.39. The molecule has 1 aromatic carbocycles. The van der Waals surface area contributed by atoms with Crippen LogP contribution in [0.3, 0.4) is 0 Å². The lowest BCUT2D eigenvalue weighted by molar-refractivity contribution is 0.0737. The molecule has 2 heterocycles. The fourth-order valence-corrected chi connectivity index (χ4v) is 3.28. The zero-order valence-electron chi connectivity index (χ0n) is 11.7. The van der Waals surface area contributed by atoms with Crippen molar-refractivity contribution in [3.8, 4) is 0 Å². The second-order valence-corrected chi connectivity index (χ2v) is 6.05. The first kappa shape index (κ1) is 12.7. The largest absolute Gasteiger partial charge is 0.334 e. The number of nitrogens with zero attached hydrogens (tertiary/aromatic N) is 1. The van der Waals surface area contributed by atoms with Gasteiger partial charge in [-0.2, -0.15) is 0 Å². The summed E-state index contributed by atoms with van der Waals surface area (Å²) in [5, 5.41) is 3.39. The maximum absolute atomic E-state index is 12.6. The van der Waals surface area contributed by atoms with E-state index in [0.717, 1.165) is 31.6 Å². The van der Waals surface area contributed by atoms with Crippen LogP contribution < -0.4 is 5.32 Å². The van der Waals surface area contributed by atoms with Gasteiger partial charge in [0.1, 0.15) is 0 Å². The van der Waals surface area contributed by atoms with Gasteiger partial charge in [0, 0.05) is 31.2 Å². The van der Waals surface area contributed by atoms with Crippen molar-refractivity contribution in [1.82, 2.24) is 10.2 Å². The van der Waals surface area contributed by atoms with Crippen molar-refractivity contribution in [2.75, 3.05) is 19.6 Å². The first-order valence-electron chi connectivity index (χ1n) is 7.28. The van der Waals surface area contributed by atoms with Crippen LogP contribution in [0.4, 0.5) is 0 Å². The van der Waals surface area contributed by atoms with Gasteiger partial charge in [-0.3, -0.25) is 4.79 Å². The van der Waals surface area contributed by atoms with Gasteiger partial charge in [0.15, 0.2) is 0 Å². The van der Waals surface area contributed by atoms with Gasteiger partial charge in [0.05, 0.1) is 0 Å². The van der Waals surface area contributed by atoms with E-state index in [9.17, 15) is 4.79 Å². The minimum atomic E-state index is 0.200. The third-order valence-electron chi connectivity index (χ3n) is 4.53. The molecule has 2 atom stereocenters. The van der Waals surface area contributed by atoms with Crippen LogP contribution in [0.15, 0.2) is 24.3 Å². The molecule has 3 rings (SSSR count). The number of benzene rings is 1. The zero-order valence-corrected chi connectivity index (χ0v) is 11.7. The highest BCUT2D eigenvalue weighted by molar-refractivity contribution is 5.94. The lowest BCUT2D eigenvalue weighted by Crippen LogP contribution is -2.39. The SMILES string of the molecule is CC(C)c1ccc(C(=O)N2CCC3CNCC32)cc1. The number of fused-ring (bicyclic) bond motifs is 1. The summed E-state index contributed by atoms with van der Waals surface area (Å²) in [6.07, 6.45) is 1.15. The van der Waals surface area contributed by atoms with E-state index in [1.54, 1.807) is 0 Å². The number of likely N-dealkylation sites (tertiary alicyclic amines) is 1. The summed E-state index contributed by atoms with van der Waals surface area (Å²) in [5.41, 5.74) is 2.12. The van der Waals surface area contributed by atoms with E-state index in [2.05, 4.69) is 36.2 Å². The van der Waals surface area contributed by atoms with E-state index >= 15 is 0 Å². The van der Waals surface area contributed by atoms with Gasteiger partial charge in [0.2, 0.25) is 0 Å². The molecule has 1 N–H and O–H groups in total. The molecule has 2 fully saturated rings. The monoisotopic (exact) mass is 258 g/mol. The standard InChI is InChI=1S/C16H22N2O/c1-11(2)12-3-5-13(6-4-12)16(19)18-8-7-14-9-17-10-15(14)18/h3-6,11,14-15,17H,7-10H2,1-2H3. The number of rotatable bonds is 2. The second kappa shape index (κ2) is 4.97. The molecule has 0 radical (unpaired) electrons. The van der Waals surface area contributed by atoms with Crippen LogP contribution in [0.1, 0.15) is 42.1 Å². The van der Waals surface area contributed by atoms with Crippen LogP contribution in [-0.4, -0.2) is 36.5 Å². The van der Waals surface area contributed by atoms with Gasteiger partial charge in [-0.15, -0.1) is 0 Å². The maximum Gasteiger partial charge on any atom is 0.254 e. The third-order valence-corrected chi connectivity index (χ3v) is 4.53. The number of amides is 1. The van der Waals surface area contributed by atoms with Crippen LogP contribution in [-0.2, 0) is 0 Å². The van der Waals surface area contributed by atoms with Gasteiger partial charge in [-0.05, 0) is 36.0 Å². The topological polar surface area (TPSA) is 32.3 Å². The van der Waals surface area contributed by atoms with E-state index in [4.69, 9.17) is 0 Å². The first-order valence-corrected chi connectivity index (χ1v) is 7.28. The van der Waals surface area contributed by atoms with Gasteiger partial charge in [0.25, 0.3) is 5.91 Å². The molecule has 19 heavy (non-hydrogen) atoms. The van der Waals surface area contributed by atoms with Crippen LogP contribution in [0.5, 0.6) is 0 Å². The van der Waals surface area contributed by atoms with Crippen LogP contribution >= 0.6 is 0 Å². The molecular weight excluding hydrogens is 236 g/mol. The zero-order chi connectivity index (χ0) is 13.4. The van der Waals surface area contributed by atoms with Crippen LogP contribution in [0.2, 0.25) is 0 Å². The molecule has 1 aromatic rings. The Kier molecular flexibility index (Phi) is 3.31. The predicted octanol–water partition coefficient (Wildman–Crippen LogP) is 2.24. The summed E-state index contributed by atoms with van der Waals surface area (Å²) in [7, 11) is 0. The summed E-state index contributed by atoms with van der Waals surface area (Å²) in [6.45, 7) is 7.29.